The van der Waals surface area contributed by atoms with Gasteiger partial charge in [0.15, 0.2) is 0 Å². The first-order valence-corrected chi connectivity index (χ1v) is 6.83. The van der Waals surface area contributed by atoms with Gasteiger partial charge >= 0.3 is 0 Å². The Kier molecular flexibility index (Phi) is 4.43. The van der Waals surface area contributed by atoms with Crippen LogP contribution in [0, 0.1) is 6.92 Å². The van der Waals surface area contributed by atoms with E-state index in [-0.39, 0.29) is 18.0 Å². The standard InChI is InChI=1S/C15H22N2O2/c1-10-7-8-11(9-14(10)19-2)15(18)17-13-6-4-3-5-12(13)16/h7-9,12-13H,3-6,16H2,1-2H3,(H,17,18)/t12-,13-/m1/s1. The molecule has 4 heteroatoms. The number of ether oxygens (including phenoxy) is 1. The summed E-state index contributed by atoms with van der Waals surface area (Å²) in [7, 11) is 1.61. The molecule has 19 heavy (non-hydrogen) atoms. The molecule has 0 saturated heterocycles. The molecule has 2 rings (SSSR count). The minimum atomic E-state index is -0.0688. The number of rotatable bonds is 3. The van der Waals surface area contributed by atoms with E-state index in [1.807, 2.05) is 19.1 Å². The van der Waals surface area contributed by atoms with Gasteiger partial charge in [0.2, 0.25) is 0 Å². The molecule has 1 saturated carbocycles. The second-order valence-electron chi connectivity index (χ2n) is 5.21. The largest absolute Gasteiger partial charge is 0.496 e. The third-order valence-electron chi connectivity index (χ3n) is 3.81. The van der Waals surface area contributed by atoms with Crippen molar-refractivity contribution in [2.24, 2.45) is 5.73 Å². The number of hydrogen-bond donors (Lipinski definition) is 2. The van der Waals surface area contributed by atoms with Crippen molar-refractivity contribution in [1.29, 1.82) is 0 Å². The molecule has 1 aliphatic rings. The zero-order valence-electron chi connectivity index (χ0n) is 11.6. The zero-order chi connectivity index (χ0) is 13.8. The number of hydrogen-bond acceptors (Lipinski definition) is 3. The van der Waals surface area contributed by atoms with Gasteiger partial charge in [-0.15, -0.1) is 0 Å². The molecule has 1 amide bonds. The van der Waals surface area contributed by atoms with Gasteiger partial charge in [-0.1, -0.05) is 18.9 Å². The van der Waals surface area contributed by atoms with E-state index in [2.05, 4.69) is 5.32 Å². The number of carbonyl (C=O) groups excluding carboxylic acids is 1. The third-order valence-corrected chi connectivity index (χ3v) is 3.81. The van der Waals surface area contributed by atoms with Gasteiger partial charge in [0.1, 0.15) is 5.75 Å². The van der Waals surface area contributed by atoms with Crippen LogP contribution >= 0.6 is 0 Å². The highest BCUT2D eigenvalue weighted by atomic mass is 16.5. The summed E-state index contributed by atoms with van der Waals surface area (Å²) in [4.78, 5) is 12.2. The lowest BCUT2D eigenvalue weighted by molar-refractivity contribution is 0.0921. The van der Waals surface area contributed by atoms with Gasteiger partial charge in [0.05, 0.1) is 7.11 Å². The Morgan fingerprint density at radius 3 is 2.79 bits per heavy atom. The molecular weight excluding hydrogens is 240 g/mol. The van der Waals surface area contributed by atoms with Crippen molar-refractivity contribution in [1.82, 2.24) is 5.32 Å². The third kappa shape index (κ3) is 3.26. The second-order valence-corrected chi connectivity index (χ2v) is 5.21. The number of aryl methyl sites for hydroxylation is 1. The van der Waals surface area contributed by atoms with Crippen molar-refractivity contribution in [3.05, 3.63) is 29.3 Å². The maximum atomic E-state index is 12.2. The van der Waals surface area contributed by atoms with Crippen molar-refractivity contribution in [3.63, 3.8) is 0 Å². The Balaban J connectivity index is 2.07. The summed E-state index contributed by atoms with van der Waals surface area (Å²) < 4.78 is 5.24. The smallest absolute Gasteiger partial charge is 0.251 e. The van der Waals surface area contributed by atoms with Gasteiger partial charge in [-0.25, -0.2) is 0 Å². The van der Waals surface area contributed by atoms with Crippen LogP contribution in [0.5, 0.6) is 5.75 Å². The molecule has 104 valence electrons. The normalized spacial score (nSPS) is 22.9. The van der Waals surface area contributed by atoms with Crippen molar-refractivity contribution < 1.29 is 9.53 Å². The molecule has 0 heterocycles. The minimum Gasteiger partial charge on any atom is -0.496 e. The van der Waals surface area contributed by atoms with E-state index >= 15 is 0 Å². The fraction of sp³-hybridized carbons (Fsp3) is 0.533. The molecule has 0 unspecified atom stereocenters. The van der Waals surface area contributed by atoms with Crippen molar-refractivity contribution >= 4 is 5.91 Å². The van der Waals surface area contributed by atoms with Gasteiger partial charge < -0.3 is 15.8 Å². The highest BCUT2D eigenvalue weighted by molar-refractivity contribution is 5.95. The SMILES string of the molecule is COc1cc(C(=O)N[C@@H]2CCCC[C@H]2N)ccc1C. The Morgan fingerprint density at radius 1 is 1.37 bits per heavy atom. The molecule has 0 radical (unpaired) electrons. The highest BCUT2D eigenvalue weighted by Crippen LogP contribution is 2.20. The molecule has 3 N–H and O–H groups in total. The van der Waals surface area contributed by atoms with Crippen LogP contribution in [-0.4, -0.2) is 25.1 Å². The van der Waals surface area contributed by atoms with Gasteiger partial charge in [-0.3, -0.25) is 4.79 Å². The summed E-state index contributed by atoms with van der Waals surface area (Å²) in [5.41, 5.74) is 7.69. The maximum absolute atomic E-state index is 12.2. The van der Waals surface area contributed by atoms with Crippen LogP contribution < -0.4 is 15.8 Å². The lowest BCUT2D eigenvalue weighted by Crippen LogP contribution is -2.49. The number of methoxy groups -OCH3 is 1. The lowest BCUT2D eigenvalue weighted by Gasteiger charge is -2.29. The van der Waals surface area contributed by atoms with E-state index in [1.54, 1.807) is 13.2 Å². The highest BCUT2D eigenvalue weighted by Gasteiger charge is 2.23. The van der Waals surface area contributed by atoms with Crippen LogP contribution in [-0.2, 0) is 0 Å². The average Bonchev–Trinajstić information content (AvgIpc) is 2.42. The van der Waals surface area contributed by atoms with E-state index in [0.717, 1.165) is 37.0 Å². The first kappa shape index (κ1) is 13.9. The van der Waals surface area contributed by atoms with Crippen LogP contribution in [0.2, 0.25) is 0 Å². The van der Waals surface area contributed by atoms with Crippen molar-refractivity contribution in [3.8, 4) is 5.75 Å². The summed E-state index contributed by atoms with van der Waals surface area (Å²) >= 11 is 0. The molecule has 1 fully saturated rings. The summed E-state index contributed by atoms with van der Waals surface area (Å²) in [6, 6.07) is 5.66. The number of carbonyl (C=O) groups is 1. The fourth-order valence-electron chi connectivity index (χ4n) is 2.55. The van der Waals surface area contributed by atoms with E-state index < -0.39 is 0 Å². The number of amides is 1. The molecule has 1 aromatic carbocycles. The van der Waals surface area contributed by atoms with Crippen LogP contribution in [0.25, 0.3) is 0 Å². The van der Waals surface area contributed by atoms with Crippen molar-refractivity contribution in [2.45, 2.75) is 44.7 Å². The summed E-state index contributed by atoms with van der Waals surface area (Å²) in [5.74, 6) is 0.668. The molecule has 2 atom stereocenters. The molecule has 0 aliphatic heterocycles. The van der Waals surface area contributed by atoms with Gasteiger partial charge in [-0.2, -0.15) is 0 Å². The van der Waals surface area contributed by atoms with Crippen LogP contribution in [0.3, 0.4) is 0 Å². The number of nitrogens with one attached hydrogen (secondary N) is 1. The van der Waals surface area contributed by atoms with Gasteiger partial charge in [0.25, 0.3) is 5.91 Å². The first-order chi connectivity index (χ1) is 9.11. The van der Waals surface area contributed by atoms with Crippen LogP contribution in [0.15, 0.2) is 18.2 Å². The van der Waals surface area contributed by atoms with E-state index in [0.29, 0.717) is 5.56 Å². The monoisotopic (exact) mass is 262 g/mol. The average molecular weight is 262 g/mol. The van der Waals surface area contributed by atoms with Crippen LogP contribution in [0.4, 0.5) is 0 Å². The lowest BCUT2D eigenvalue weighted by atomic mass is 9.91. The molecule has 4 nitrogen and oxygen atoms in total. The molecule has 1 aromatic rings. The Bertz CT molecular complexity index is 459. The maximum Gasteiger partial charge on any atom is 0.251 e. The molecule has 0 aromatic heterocycles. The Hall–Kier alpha value is -1.55. The van der Waals surface area contributed by atoms with Crippen LogP contribution in [0.1, 0.15) is 41.6 Å². The Morgan fingerprint density at radius 2 is 2.11 bits per heavy atom. The second kappa shape index (κ2) is 6.06. The molecule has 0 bridgehead atoms. The van der Waals surface area contributed by atoms with E-state index in [1.165, 1.54) is 0 Å². The molecule has 1 aliphatic carbocycles. The zero-order valence-corrected chi connectivity index (χ0v) is 11.6. The summed E-state index contributed by atoms with van der Waals surface area (Å²) in [6.45, 7) is 1.96. The predicted molar refractivity (Wildman–Crippen MR) is 75.4 cm³/mol. The van der Waals surface area contributed by atoms with Crippen molar-refractivity contribution in [2.75, 3.05) is 7.11 Å². The summed E-state index contributed by atoms with van der Waals surface area (Å²) in [6.07, 6.45) is 4.25. The minimum absolute atomic E-state index is 0.0688. The molecule has 0 spiro atoms. The Labute approximate surface area is 114 Å². The quantitative estimate of drug-likeness (QED) is 0.875. The fourth-order valence-corrected chi connectivity index (χ4v) is 2.55. The first-order valence-electron chi connectivity index (χ1n) is 6.83. The van der Waals surface area contributed by atoms with Gasteiger partial charge in [0, 0.05) is 17.6 Å². The van der Waals surface area contributed by atoms with E-state index in [4.69, 9.17) is 10.5 Å². The topological polar surface area (TPSA) is 64.3 Å². The van der Waals surface area contributed by atoms with E-state index in [9.17, 15) is 4.79 Å². The summed E-state index contributed by atoms with van der Waals surface area (Å²) in [5, 5.41) is 3.04. The van der Waals surface area contributed by atoms with Gasteiger partial charge in [-0.05, 0) is 37.5 Å². The number of benzene rings is 1. The molecular formula is C15H22N2O2. The predicted octanol–water partition coefficient (Wildman–Crippen LogP) is 2.00. The number of nitrogens with two attached hydrogens (primary N) is 1.